The van der Waals surface area contributed by atoms with Crippen LogP contribution in [0.5, 0.6) is 0 Å². The molecule has 0 unspecified atom stereocenters. The minimum absolute atomic E-state index is 0.115. The zero-order valence-corrected chi connectivity index (χ0v) is 10.7. The van der Waals surface area contributed by atoms with E-state index in [2.05, 4.69) is 20.8 Å². The maximum atomic E-state index is 12.1. The lowest BCUT2D eigenvalue weighted by Crippen LogP contribution is -2.26. The van der Waals surface area contributed by atoms with Crippen molar-refractivity contribution in [1.82, 2.24) is 15.5 Å². The minimum Gasteiger partial charge on any atom is -0.385 e. The molecule has 0 aliphatic heterocycles. The maximum absolute atomic E-state index is 12.1. The summed E-state index contributed by atoms with van der Waals surface area (Å²) in [7, 11) is 0. The van der Waals surface area contributed by atoms with Crippen molar-refractivity contribution in [3.63, 3.8) is 0 Å². The molecule has 0 radical (unpaired) electrons. The third kappa shape index (κ3) is 3.54. The van der Waals surface area contributed by atoms with Gasteiger partial charge in [0.1, 0.15) is 0 Å². The van der Waals surface area contributed by atoms with Crippen LogP contribution in [0.3, 0.4) is 0 Å². The van der Waals surface area contributed by atoms with Gasteiger partial charge in [-0.25, -0.2) is 0 Å². The van der Waals surface area contributed by atoms with Crippen LogP contribution in [-0.2, 0) is 6.42 Å². The predicted molar refractivity (Wildman–Crippen MR) is 70.9 cm³/mol. The van der Waals surface area contributed by atoms with E-state index in [1.165, 1.54) is 6.33 Å². The molecule has 0 saturated carbocycles. The first-order valence-electron chi connectivity index (χ1n) is 6.18. The Morgan fingerprint density at radius 2 is 2.21 bits per heavy atom. The number of nitrogens with one attached hydrogen (secondary N) is 2. The SMILES string of the molecule is CCNc1ccccc1C(=O)NCCc1ncno1. The van der Waals surface area contributed by atoms with E-state index in [4.69, 9.17) is 4.52 Å². The molecular weight excluding hydrogens is 244 g/mol. The van der Waals surface area contributed by atoms with Crippen molar-refractivity contribution < 1.29 is 9.32 Å². The Balaban J connectivity index is 1.92. The van der Waals surface area contributed by atoms with Gasteiger partial charge in [-0.1, -0.05) is 17.3 Å². The highest BCUT2D eigenvalue weighted by molar-refractivity contribution is 5.99. The fourth-order valence-electron chi connectivity index (χ4n) is 1.71. The van der Waals surface area contributed by atoms with E-state index in [-0.39, 0.29) is 5.91 Å². The normalized spacial score (nSPS) is 10.2. The molecule has 0 saturated heterocycles. The van der Waals surface area contributed by atoms with Crippen molar-refractivity contribution >= 4 is 11.6 Å². The highest BCUT2D eigenvalue weighted by atomic mass is 16.5. The lowest BCUT2D eigenvalue weighted by Gasteiger charge is -2.10. The number of amides is 1. The molecule has 6 heteroatoms. The van der Waals surface area contributed by atoms with Crippen molar-refractivity contribution in [3.05, 3.63) is 42.0 Å². The van der Waals surface area contributed by atoms with Crippen LogP contribution in [-0.4, -0.2) is 29.1 Å². The highest BCUT2D eigenvalue weighted by Crippen LogP contribution is 2.14. The van der Waals surface area contributed by atoms with Crippen molar-refractivity contribution in [3.8, 4) is 0 Å². The van der Waals surface area contributed by atoms with Gasteiger partial charge >= 0.3 is 0 Å². The van der Waals surface area contributed by atoms with E-state index >= 15 is 0 Å². The Kier molecular flexibility index (Phi) is 4.49. The van der Waals surface area contributed by atoms with Gasteiger partial charge in [0, 0.05) is 25.2 Å². The first kappa shape index (κ1) is 13.1. The summed E-state index contributed by atoms with van der Waals surface area (Å²) < 4.78 is 4.86. The van der Waals surface area contributed by atoms with Crippen molar-refractivity contribution in [2.75, 3.05) is 18.4 Å². The molecule has 0 fully saturated rings. The zero-order chi connectivity index (χ0) is 13.5. The Morgan fingerprint density at radius 1 is 1.37 bits per heavy atom. The van der Waals surface area contributed by atoms with E-state index in [9.17, 15) is 4.79 Å². The number of para-hydroxylation sites is 1. The average molecular weight is 260 g/mol. The smallest absolute Gasteiger partial charge is 0.253 e. The first-order valence-corrected chi connectivity index (χ1v) is 6.18. The van der Waals surface area contributed by atoms with E-state index in [1.54, 1.807) is 6.07 Å². The van der Waals surface area contributed by atoms with Gasteiger partial charge in [0.15, 0.2) is 6.33 Å². The Bertz CT molecular complexity index is 525. The number of carbonyl (C=O) groups is 1. The van der Waals surface area contributed by atoms with Gasteiger partial charge in [-0.05, 0) is 19.1 Å². The summed E-state index contributed by atoms with van der Waals surface area (Å²) >= 11 is 0. The maximum Gasteiger partial charge on any atom is 0.253 e. The number of aromatic nitrogens is 2. The first-order chi connectivity index (χ1) is 9.31. The third-order valence-electron chi connectivity index (χ3n) is 2.57. The molecule has 1 aromatic carbocycles. The molecule has 2 N–H and O–H groups in total. The van der Waals surface area contributed by atoms with Crippen LogP contribution in [0.15, 0.2) is 35.1 Å². The lowest BCUT2D eigenvalue weighted by molar-refractivity contribution is 0.0954. The lowest BCUT2D eigenvalue weighted by atomic mass is 10.1. The molecule has 0 aliphatic rings. The van der Waals surface area contributed by atoms with Crippen molar-refractivity contribution in [1.29, 1.82) is 0 Å². The van der Waals surface area contributed by atoms with Crippen molar-refractivity contribution in [2.45, 2.75) is 13.3 Å². The summed E-state index contributed by atoms with van der Waals surface area (Å²) in [5, 5.41) is 9.50. The highest BCUT2D eigenvalue weighted by Gasteiger charge is 2.10. The molecule has 100 valence electrons. The van der Waals surface area contributed by atoms with Crippen LogP contribution in [0, 0.1) is 0 Å². The summed E-state index contributed by atoms with van der Waals surface area (Å²) in [6.45, 7) is 3.22. The number of carbonyl (C=O) groups excluding carboxylic acids is 1. The summed E-state index contributed by atoms with van der Waals surface area (Å²) in [6.07, 6.45) is 1.87. The number of anilines is 1. The monoisotopic (exact) mass is 260 g/mol. The Morgan fingerprint density at radius 3 is 2.95 bits per heavy atom. The number of benzene rings is 1. The molecule has 0 aliphatic carbocycles. The fourth-order valence-corrected chi connectivity index (χ4v) is 1.71. The second-order valence-electron chi connectivity index (χ2n) is 3.92. The van der Waals surface area contributed by atoms with Crippen LogP contribution in [0.25, 0.3) is 0 Å². The minimum atomic E-state index is -0.115. The van der Waals surface area contributed by atoms with E-state index in [0.717, 1.165) is 12.2 Å². The predicted octanol–water partition coefficient (Wildman–Crippen LogP) is 1.47. The number of hydrogen-bond acceptors (Lipinski definition) is 5. The van der Waals surface area contributed by atoms with E-state index in [0.29, 0.717) is 24.4 Å². The number of hydrogen-bond donors (Lipinski definition) is 2. The van der Waals surface area contributed by atoms with Gasteiger partial charge in [-0.15, -0.1) is 0 Å². The van der Waals surface area contributed by atoms with Gasteiger partial charge in [-0.3, -0.25) is 4.79 Å². The van der Waals surface area contributed by atoms with E-state index < -0.39 is 0 Å². The van der Waals surface area contributed by atoms with Crippen molar-refractivity contribution in [2.24, 2.45) is 0 Å². The van der Waals surface area contributed by atoms with Crippen LogP contribution in [0.2, 0.25) is 0 Å². The quantitative estimate of drug-likeness (QED) is 0.822. The van der Waals surface area contributed by atoms with Crippen LogP contribution >= 0.6 is 0 Å². The molecule has 19 heavy (non-hydrogen) atoms. The van der Waals surface area contributed by atoms with Gasteiger partial charge in [0.2, 0.25) is 5.89 Å². The third-order valence-corrected chi connectivity index (χ3v) is 2.57. The summed E-state index contributed by atoms with van der Waals surface area (Å²) in [4.78, 5) is 15.9. The summed E-state index contributed by atoms with van der Waals surface area (Å²) in [5.74, 6) is 0.399. The standard InChI is InChI=1S/C13H16N4O2/c1-2-14-11-6-4-3-5-10(11)13(18)15-8-7-12-16-9-17-19-12/h3-6,9,14H,2,7-8H2,1H3,(H,15,18). The Hall–Kier alpha value is -2.37. The van der Waals surface area contributed by atoms with E-state index in [1.807, 2.05) is 25.1 Å². The molecule has 1 amide bonds. The molecular formula is C13H16N4O2. The van der Waals surface area contributed by atoms with Crippen LogP contribution in [0.1, 0.15) is 23.2 Å². The largest absolute Gasteiger partial charge is 0.385 e. The molecule has 2 aromatic rings. The molecule has 0 atom stereocenters. The Labute approximate surface area is 111 Å². The molecule has 1 heterocycles. The molecule has 0 bridgehead atoms. The van der Waals surface area contributed by atoms with Gasteiger partial charge in [0.25, 0.3) is 5.91 Å². The summed E-state index contributed by atoms with van der Waals surface area (Å²) in [6, 6.07) is 7.41. The fraction of sp³-hybridized carbons (Fsp3) is 0.308. The van der Waals surface area contributed by atoms with Crippen LogP contribution < -0.4 is 10.6 Å². The zero-order valence-electron chi connectivity index (χ0n) is 10.7. The van der Waals surface area contributed by atoms with Crippen LogP contribution in [0.4, 0.5) is 5.69 Å². The number of rotatable bonds is 6. The summed E-state index contributed by atoms with van der Waals surface area (Å²) in [5.41, 5.74) is 1.47. The second kappa shape index (κ2) is 6.53. The van der Waals surface area contributed by atoms with Gasteiger partial charge in [0.05, 0.1) is 5.56 Å². The molecule has 0 spiro atoms. The molecule has 6 nitrogen and oxygen atoms in total. The second-order valence-corrected chi connectivity index (χ2v) is 3.92. The molecule has 1 aromatic heterocycles. The molecule has 2 rings (SSSR count). The number of nitrogens with zero attached hydrogens (tertiary/aromatic N) is 2. The topological polar surface area (TPSA) is 80.0 Å². The average Bonchev–Trinajstić information content (AvgIpc) is 2.93. The van der Waals surface area contributed by atoms with Gasteiger partial charge < -0.3 is 15.2 Å². The van der Waals surface area contributed by atoms with Gasteiger partial charge in [-0.2, -0.15) is 4.98 Å².